The molecule has 0 spiro atoms. The Morgan fingerprint density at radius 1 is 0.636 bits per heavy atom. The Bertz CT molecular complexity index is 2710. The molecule has 4 aromatic heterocycles. The second kappa shape index (κ2) is 15.7. The number of methoxy groups -OCH3 is 1. The molecule has 0 fully saturated rings. The van der Waals surface area contributed by atoms with E-state index in [2.05, 4.69) is 24.7 Å². The minimum absolute atomic E-state index is 0.00166. The summed E-state index contributed by atoms with van der Waals surface area (Å²) >= 11 is 11.9. The second-order valence-electron chi connectivity index (χ2n) is 12.4. The second-order valence-corrected chi connectivity index (χ2v) is 13.2. The first-order chi connectivity index (χ1) is 26.6. The fourth-order valence-electron chi connectivity index (χ4n) is 6.14. The topological polar surface area (TPSA) is 165 Å². The number of hydrogen-bond acceptors (Lipinski definition) is 7. The summed E-state index contributed by atoms with van der Waals surface area (Å²) in [4.78, 5) is 61.8. The van der Waals surface area contributed by atoms with Crippen LogP contribution in [0.15, 0.2) is 122 Å². The molecule has 0 unspecified atom stereocenters. The molecule has 0 atom stereocenters. The van der Waals surface area contributed by atoms with Gasteiger partial charge in [-0.15, -0.1) is 0 Å². The maximum Gasteiger partial charge on any atom is 0.356 e. The molecule has 0 amide bonds. The van der Waals surface area contributed by atoms with E-state index in [-0.39, 0.29) is 34.6 Å². The predicted octanol–water partition coefficient (Wildman–Crippen LogP) is 8.08. The van der Waals surface area contributed by atoms with Crippen molar-refractivity contribution in [3.05, 3.63) is 177 Å². The molecule has 0 aliphatic rings. The molecule has 0 saturated carbocycles. The molecule has 55 heavy (non-hydrogen) atoms. The lowest BCUT2D eigenvalue weighted by Crippen LogP contribution is -2.06. The van der Waals surface area contributed by atoms with E-state index in [1.165, 1.54) is 13.3 Å². The molecule has 14 heteroatoms. The van der Waals surface area contributed by atoms with Gasteiger partial charge in [-0.3, -0.25) is 9.59 Å². The van der Waals surface area contributed by atoms with E-state index in [1.807, 2.05) is 112 Å². The number of ether oxygens (including phenoxy) is 1. The highest BCUT2D eigenvalue weighted by Crippen LogP contribution is 2.26. The third kappa shape index (κ3) is 7.81. The van der Waals surface area contributed by atoms with E-state index < -0.39 is 11.9 Å². The Morgan fingerprint density at radius 2 is 1.05 bits per heavy atom. The number of nitrogens with zero attached hydrogens (tertiary/aromatic N) is 4. The minimum atomic E-state index is -1.16. The lowest BCUT2D eigenvalue weighted by Gasteiger charge is -2.05. The summed E-state index contributed by atoms with van der Waals surface area (Å²) in [6, 6.07) is 30.3. The number of carboxylic acid groups (broad SMARTS) is 1. The standard InChI is InChI=1S/C21H16ClN3O3.C20H14ClN3O3/c1-28-21(27)17-10-23-20(24-17)19(26)16-12-25(18-5-3-2-4-15(16)18)11-13-6-8-14(22)9-7-13;21-13-7-5-12(6-8-13)10-24-11-15(14-3-1-2-4-17(14)24)18(25)19-22-9-16(23-19)20(26)27/h2-10,12H,11H2,1H3,(H,23,24);1-9,11H,10H2,(H,22,23)(H,26,27). The SMILES string of the molecule is COC(=O)c1cnc(C(=O)c2cn(Cc3ccc(Cl)cc3)c3ccccc23)[nH]1.O=C(O)c1cnc(C(=O)c2cn(Cc3ccc(Cl)cc3)c3ccccc23)[nH]1. The van der Waals surface area contributed by atoms with Crippen LogP contribution in [-0.4, -0.2) is 64.8 Å². The van der Waals surface area contributed by atoms with Crippen LogP contribution in [0, 0.1) is 0 Å². The maximum absolute atomic E-state index is 13.0. The van der Waals surface area contributed by atoms with Crippen molar-refractivity contribution < 1.29 is 29.0 Å². The van der Waals surface area contributed by atoms with E-state index in [0.717, 1.165) is 39.1 Å². The number of esters is 1. The van der Waals surface area contributed by atoms with E-state index >= 15 is 0 Å². The van der Waals surface area contributed by atoms with Crippen LogP contribution in [-0.2, 0) is 17.8 Å². The van der Waals surface area contributed by atoms with Crippen LogP contribution in [0.5, 0.6) is 0 Å². The molecular formula is C41H30Cl2N6O6. The van der Waals surface area contributed by atoms with Crippen LogP contribution < -0.4 is 0 Å². The van der Waals surface area contributed by atoms with Crippen molar-refractivity contribution in [3.63, 3.8) is 0 Å². The normalized spacial score (nSPS) is 11.0. The summed E-state index contributed by atoms with van der Waals surface area (Å²) in [5, 5.41) is 12.0. The van der Waals surface area contributed by atoms with Gasteiger partial charge in [0.1, 0.15) is 11.4 Å². The van der Waals surface area contributed by atoms with Gasteiger partial charge in [-0.2, -0.15) is 0 Å². The molecular weight excluding hydrogens is 743 g/mol. The average molecular weight is 774 g/mol. The molecule has 0 aliphatic heterocycles. The lowest BCUT2D eigenvalue weighted by molar-refractivity contribution is 0.0593. The maximum atomic E-state index is 13.0. The molecule has 0 bridgehead atoms. The van der Waals surface area contributed by atoms with Crippen LogP contribution in [0.1, 0.15) is 64.5 Å². The first-order valence-electron chi connectivity index (χ1n) is 16.7. The molecule has 12 nitrogen and oxygen atoms in total. The van der Waals surface area contributed by atoms with Gasteiger partial charge in [0.15, 0.2) is 11.6 Å². The number of nitrogens with one attached hydrogen (secondary N) is 2. The highest BCUT2D eigenvalue weighted by Gasteiger charge is 2.22. The highest BCUT2D eigenvalue weighted by atomic mass is 35.5. The van der Waals surface area contributed by atoms with Crippen LogP contribution in [0.4, 0.5) is 0 Å². The van der Waals surface area contributed by atoms with Gasteiger partial charge in [0.25, 0.3) is 0 Å². The van der Waals surface area contributed by atoms with Gasteiger partial charge in [0.05, 0.1) is 30.6 Å². The van der Waals surface area contributed by atoms with Crippen LogP contribution >= 0.6 is 23.2 Å². The van der Waals surface area contributed by atoms with Crippen molar-refractivity contribution in [2.45, 2.75) is 13.1 Å². The number of aromatic amines is 2. The summed E-state index contributed by atoms with van der Waals surface area (Å²) in [5.74, 6) is -2.28. The number of fused-ring (bicyclic) bond motifs is 2. The number of benzene rings is 4. The number of ketones is 2. The van der Waals surface area contributed by atoms with E-state index in [1.54, 1.807) is 6.20 Å². The van der Waals surface area contributed by atoms with Gasteiger partial charge in [-0.05, 0) is 47.5 Å². The molecule has 3 N–H and O–H groups in total. The van der Waals surface area contributed by atoms with Crippen molar-refractivity contribution >= 4 is 68.5 Å². The Labute approximate surface area is 322 Å². The molecule has 4 aromatic carbocycles. The molecule has 0 radical (unpaired) electrons. The zero-order chi connectivity index (χ0) is 38.6. The van der Waals surface area contributed by atoms with Gasteiger partial charge in [0, 0.05) is 57.3 Å². The number of para-hydroxylation sites is 2. The smallest absolute Gasteiger partial charge is 0.356 e. The fourth-order valence-corrected chi connectivity index (χ4v) is 6.39. The van der Waals surface area contributed by atoms with Crippen LogP contribution in [0.2, 0.25) is 10.0 Å². The van der Waals surface area contributed by atoms with E-state index in [0.29, 0.717) is 34.3 Å². The first-order valence-corrected chi connectivity index (χ1v) is 17.5. The van der Waals surface area contributed by atoms with Gasteiger partial charge in [-0.1, -0.05) is 83.9 Å². The molecule has 8 rings (SSSR count). The van der Waals surface area contributed by atoms with E-state index in [4.69, 9.17) is 28.3 Å². The van der Waals surface area contributed by atoms with Crippen molar-refractivity contribution in [1.29, 1.82) is 0 Å². The third-order valence-corrected chi connectivity index (χ3v) is 9.32. The van der Waals surface area contributed by atoms with Crippen molar-refractivity contribution in [3.8, 4) is 0 Å². The summed E-state index contributed by atoms with van der Waals surface area (Å²) in [5.41, 5.74) is 4.93. The predicted molar refractivity (Wildman–Crippen MR) is 207 cm³/mol. The number of aromatic nitrogens is 6. The van der Waals surface area contributed by atoms with Crippen molar-refractivity contribution in [2.24, 2.45) is 0 Å². The largest absolute Gasteiger partial charge is 0.477 e. The molecule has 274 valence electrons. The van der Waals surface area contributed by atoms with Gasteiger partial charge < -0.3 is 28.9 Å². The Balaban J connectivity index is 0.000000169. The Kier molecular flexibility index (Phi) is 10.4. The number of carboxylic acids is 1. The summed E-state index contributed by atoms with van der Waals surface area (Å²) in [6.07, 6.45) is 6.01. The van der Waals surface area contributed by atoms with Crippen LogP contribution in [0.25, 0.3) is 21.8 Å². The number of hydrogen-bond donors (Lipinski definition) is 3. The van der Waals surface area contributed by atoms with Crippen molar-refractivity contribution in [2.75, 3.05) is 7.11 Å². The number of rotatable bonds is 10. The summed E-state index contributed by atoms with van der Waals surface area (Å²) < 4.78 is 8.64. The molecule has 8 aromatic rings. The monoisotopic (exact) mass is 772 g/mol. The number of carbonyl (C=O) groups is 4. The number of H-pyrrole nitrogens is 2. The zero-order valence-electron chi connectivity index (χ0n) is 29.0. The molecule has 4 heterocycles. The van der Waals surface area contributed by atoms with E-state index in [9.17, 15) is 19.2 Å². The summed E-state index contributed by atoms with van der Waals surface area (Å²) in [6.45, 7) is 1.17. The quantitative estimate of drug-likeness (QED) is 0.0927. The van der Waals surface area contributed by atoms with Crippen LogP contribution in [0.3, 0.4) is 0 Å². The Hall–Kier alpha value is -6.76. The highest BCUT2D eigenvalue weighted by molar-refractivity contribution is 6.30. The zero-order valence-corrected chi connectivity index (χ0v) is 30.5. The summed E-state index contributed by atoms with van der Waals surface area (Å²) in [7, 11) is 1.27. The average Bonchev–Trinajstić information content (AvgIpc) is 4.02. The van der Waals surface area contributed by atoms with Gasteiger partial charge >= 0.3 is 11.9 Å². The molecule has 0 aliphatic carbocycles. The van der Waals surface area contributed by atoms with Crippen molar-refractivity contribution in [1.82, 2.24) is 29.1 Å². The van der Waals surface area contributed by atoms with Gasteiger partial charge in [0.2, 0.25) is 11.6 Å². The lowest BCUT2D eigenvalue weighted by atomic mass is 10.1. The van der Waals surface area contributed by atoms with Gasteiger partial charge in [-0.25, -0.2) is 19.6 Å². The first kappa shape index (κ1) is 36.6. The number of imidazole rings is 2. The Morgan fingerprint density at radius 3 is 1.47 bits per heavy atom. The number of halogens is 2. The number of aromatic carboxylic acids is 1. The number of carbonyl (C=O) groups excluding carboxylic acids is 3. The third-order valence-electron chi connectivity index (χ3n) is 8.82. The molecule has 0 saturated heterocycles. The fraction of sp³-hybridized carbons (Fsp3) is 0.0732. The minimum Gasteiger partial charge on any atom is -0.477 e.